The number of carbonyl (C=O) groups excluding carboxylic acids is 2. The van der Waals surface area contributed by atoms with Crippen LogP contribution in [0, 0.1) is 5.41 Å². The molecule has 3 N–H and O–H groups in total. The lowest BCUT2D eigenvalue weighted by Crippen LogP contribution is -2.45. The molecule has 0 aromatic heterocycles. The lowest BCUT2D eigenvalue weighted by molar-refractivity contribution is -0.127. The van der Waals surface area contributed by atoms with E-state index in [1.54, 1.807) is 12.2 Å². The molecule has 2 rings (SSSR count). The van der Waals surface area contributed by atoms with E-state index in [1.165, 1.54) is 11.1 Å². The number of nitrogens with one attached hydrogen (secondary N) is 1. The van der Waals surface area contributed by atoms with Gasteiger partial charge in [-0.15, -0.1) is 0 Å². The molecule has 0 bridgehead atoms. The summed E-state index contributed by atoms with van der Waals surface area (Å²) in [7, 11) is 0. The number of nitrogens with two attached hydrogens (primary N) is 1. The molecule has 2 amide bonds. The van der Waals surface area contributed by atoms with Crippen molar-refractivity contribution in [3.63, 3.8) is 0 Å². The molecule has 0 saturated carbocycles. The number of hydrogen-bond acceptors (Lipinski definition) is 3. The van der Waals surface area contributed by atoms with Gasteiger partial charge in [0.1, 0.15) is 0 Å². The molecule has 0 fully saturated rings. The molecular weight excluding hydrogens is 326 g/mol. The van der Waals surface area contributed by atoms with Gasteiger partial charge >= 0.3 is 0 Å². The Bertz CT molecular complexity index is 651. The standard InChI is InChI=1S/C21H31N3O2/c1-5-18(22)20(26)23-17(12-21(2,3)4)10-11-19(25)24-13-15-8-6-7-9-16(15)14-24/h6-11,17-18H,5,12-14,22H2,1-4H3,(H,23,26). The molecule has 5 heteroatoms. The highest BCUT2D eigenvalue weighted by Gasteiger charge is 2.23. The van der Waals surface area contributed by atoms with E-state index >= 15 is 0 Å². The van der Waals surface area contributed by atoms with E-state index in [-0.39, 0.29) is 23.3 Å². The SMILES string of the molecule is CCC(N)C(=O)NC(C=CC(=O)N1Cc2ccccc2C1)CC(C)(C)C. The summed E-state index contributed by atoms with van der Waals surface area (Å²) in [6.07, 6.45) is 4.71. The third kappa shape index (κ3) is 5.70. The molecule has 0 aliphatic carbocycles. The van der Waals surface area contributed by atoms with Crippen LogP contribution in [0.5, 0.6) is 0 Å². The van der Waals surface area contributed by atoms with Crippen molar-refractivity contribution in [1.29, 1.82) is 0 Å². The van der Waals surface area contributed by atoms with Gasteiger partial charge < -0.3 is 16.0 Å². The van der Waals surface area contributed by atoms with Crippen molar-refractivity contribution in [3.8, 4) is 0 Å². The molecule has 2 atom stereocenters. The van der Waals surface area contributed by atoms with E-state index < -0.39 is 6.04 Å². The number of benzene rings is 1. The van der Waals surface area contributed by atoms with Gasteiger partial charge in [-0.25, -0.2) is 0 Å². The van der Waals surface area contributed by atoms with Gasteiger partial charge in [0.15, 0.2) is 0 Å². The van der Waals surface area contributed by atoms with Crippen molar-refractivity contribution < 1.29 is 9.59 Å². The average molecular weight is 357 g/mol. The molecule has 2 unspecified atom stereocenters. The maximum atomic E-state index is 12.6. The van der Waals surface area contributed by atoms with Gasteiger partial charge in [-0.1, -0.05) is 58.0 Å². The van der Waals surface area contributed by atoms with Gasteiger partial charge in [0.25, 0.3) is 0 Å². The Morgan fingerprint density at radius 2 is 1.81 bits per heavy atom. The maximum absolute atomic E-state index is 12.6. The zero-order chi connectivity index (χ0) is 19.3. The Hall–Kier alpha value is -2.14. The number of fused-ring (bicyclic) bond motifs is 1. The average Bonchev–Trinajstić information content (AvgIpc) is 3.01. The topological polar surface area (TPSA) is 75.4 Å². The van der Waals surface area contributed by atoms with Crippen LogP contribution in [-0.4, -0.2) is 28.8 Å². The highest BCUT2D eigenvalue weighted by atomic mass is 16.2. The summed E-state index contributed by atoms with van der Waals surface area (Å²) < 4.78 is 0. The quantitative estimate of drug-likeness (QED) is 0.769. The van der Waals surface area contributed by atoms with Crippen LogP contribution < -0.4 is 11.1 Å². The fraction of sp³-hybridized carbons (Fsp3) is 0.524. The Balaban J connectivity index is 2.02. The summed E-state index contributed by atoms with van der Waals surface area (Å²) in [6, 6.07) is 7.37. The third-order valence-corrected chi connectivity index (χ3v) is 4.56. The second kappa shape index (κ2) is 8.49. The summed E-state index contributed by atoms with van der Waals surface area (Å²) in [4.78, 5) is 26.5. The van der Waals surface area contributed by atoms with E-state index in [9.17, 15) is 9.59 Å². The number of carbonyl (C=O) groups is 2. The normalized spacial score (nSPS) is 16.4. The highest BCUT2D eigenvalue weighted by Crippen LogP contribution is 2.23. The van der Waals surface area contributed by atoms with E-state index in [1.807, 2.05) is 24.0 Å². The van der Waals surface area contributed by atoms with Gasteiger partial charge in [0.05, 0.1) is 6.04 Å². The number of rotatable bonds is 6. The largest absolute Gasteiger partial charge is 0.349 e. The minimum Gasteiger partial charge on any atom is -0.349 e. The van der Waals surface area contributed by atoms with Gasteiger partial charge in [-0.3, -0.25) is 9.59 Å². The lowest BCUT2D eigenvalue weighted by atomic mass is 9.87. The highest BCUT2D eigenvalue weighted by molar-refractivity contribution is 5.88. The summed E-state index contributed by atoms with van der Waals surface area (Å²) in [6.45, 7) is 9.48. The van der Waals surface area contributed by atoms with Crippen molar-refractivity contribution in [2.45, 2.75) is 65.7 Å². The van der Waals surface area contributed by atoms with E-state index in [2.05, 4.69) is 38.2 Å². The monoisotopic (exact) mass is 357 g/mol. The van der Waals surface area contributed by atoms with Crippen LogP contribution in [0.4, 0.5) is 0 Å². The first-order valence-corrected chi connectivity index (χ1v) is 9.29. The molecule has 0 saturated heterocycles. The van der Waals surface area contributed by atoms with Crippen LogP contribution >= 0.6 is 0 Å². The second-order valence-corrected chi connectivity index (χ2v) is 8.22. The molecule has 0 radical (unpaired) electrons. The van der Waals surface area contributed by atoms with Crippen LogP contribution in [-0.2, 0) is 22.7 Å². The minimum absolute atomic E-state index is 0.0194. The molecule has 1 aliphatic heterocycles. The van der Waals surface area contributed by atoms with E-state index in [0.717, 1.165) is 6.42 Å². The van der Waals surface area contributed by atoms with Crippen molar-refractivity contribution >= 4 is 11.8 Å². The first-order chi connectivity index (χ1) is 12.2. The molecule has 1 heterocycles. The van der Waals surface area contributed by atoms with Crippen LogP contribution in [0.15, 0.2) is 36.4 Å². The molecule has 1 aromatic carbocycles. The molecule has 26 heavy (non-hydrogen) atoms. The Morgan fingerprint density at radius 3 is 2.31 bits per heavy atom. The first-order valence-electron chi connectivity index (χ1n) is 9.29. The summed E-state index contributed by atoms with van der Waals surface area (Å²) in [5.41, 5.74) is 8.23. The zero-order valence-corrected chi connectivity index (χ0v) is 16.3. The zero-order valence-electron chi connectivity index (χ0n) is 16.3. The van der Waals surface area contributed by atoms with Gasteiger partial charge in [0, 0.05) is 25.2 Å². The molecule has 1 aromatic rings. The molecular formula is C21H31N3O2. The second-order valence-electron chi connectivity index (χ2n) is 8.22. The van der Waals surface area contributed by atoms with Gasteiger partial charge in [-0.05, 0) is 29.4 Å². The fourth-order valence-corrected chi connectivity index (χ4v) is 3.09. The van der Waals surface area contributed by atoms with Crippen LogP contribution in [0.1, 0.15) is 51.7 Å². The summed E-state index contributed by atoms with van der Waals surface area (Å²) >= 11 is 0. The van der Waals surface area contributed by atoms with Gasteiger partial charge in [-0.2, -0.15) is 0 Å². The summed E-state index contributed by atoms with van der Waals surface area (Å²) in [5.74, 6) is -0.207. The van der Waals surface area contributed by atoms with Gasteiger partial charge in [0.2, 0.25) is 11.8 Å². The molecule has 5 nitrogen and oxygen atoms in total. The minimum atomic E-state index is -0.519. The number of hydrogen-bond donors (Lipinski definition) is 2. The molecule has 0 spiro atoms. The van der Waals surface area contributed by atoms with Crippen molar-refractivity contribution in [2.24, 2.45) is 11.1 Å². The fourth-order valence-electron chi connectivity index (χ4n) is 3.09. The maximum Gasteiger partial charge on any atom is 0.246 e. The molecule has 1 aliphatic rings. The summed E-state index contributed by atoms with van der Waals surface area (Å²) in [5, 5.41) is 2.97. The Morgan fingerprint density at radius 1 is 1.23 bits per heavy atom. The van der Waals surface area contributed by atoms with Crippen molar-refractivity contribution in [2.75, 3.05) is 0 Å². The first kappa shape index (κ1) is 20.2. The van der Waals surface area contributed by atoms with Crippen LogP contribution in [0.2, 0.25) is 0 Å². The number of amides is 2. The van der Waals surface area contributed by atoms with Crippen molar-refractivity contribution in [3.05, 3.63) is 47.5 Å². The predicted molar refractivity (Wildman–Crippen MR) is 104 cm³/mol. The predicted octanol–water partition coefficient (Wildman–Crippen LogP) is 2.74. The Kier molecular flexibility index (Phi) is 6.59. The van der Waals surface area contributed by atoms with Crippen molar-refractivity contribution in [1.82, 2.24) is 10.2 Å². The van der Waals surface area contributed by atoms with E-state index in [4.69, 9.17) is 5.73 Å². The molecule has 142 valence electrons. The van der Waals surface area contributed by atoms with E-state index in [0.29, 0.717) is 19.5 Å². The Labute approximate surface area is 156 Å². The third-order valence-electron chi connectivity index (χ3n) is 4.56. The van der Waals surface area contributed by atoms with Crippen LogP contribution in [0.3, 0.4) is 0 Å². The lowest BCUT2D eigenvalue weighted by Gasteiger charge is -2.26. The van der Waals surface area contributed by atoms with Crippen LogP contribution in [0.25, 0.3) is 0 Å². The smallest absolute Gasteiger partial charge is 0.246 e. The number of nitrogens with zero attached hydrogens (tertiary/aromatic N) is 1.